The Bertz CT molecular complexity index is 638. The molecule has 1 aromatic rings. The molecular formula is C21H34N4O3. The summed E-state index contributed by atoms with van der Waals surface area (Å²) in [7, 11) is 1.62. The van der Waals surface area contributed by atoms with Crippen LogP contribution in [0.1, 0.15) is 45.3 Å². The number of guanidine groups is 1. The molecule has 1 amide bonds. The van der Waals surface area contributed by atoms with E-state index in [0.717, 1.165) is 43.8 Å². The minimum Gasteiger partial charge on any atom is -0.497 e. The Kier molecular flexibility index (Phi) is 8.57. The highest BCUT2D eigenvalue weighted by atomic mass is 16.5. The molecule has 2 rings (SSSR count). The van der Waals surface area contributed by atoms with E-state index in [0.29, 0.717) is 5.96 Å². The molecule has 1 aromatic carbocycles. The van der Waals surface area contributed by atoms with Gasteiger partial charge in [0, 0.05) is 31.6 Å². The zero-order valence-corrected chi connectivity index (χ0v) is 17.4. The van der Waals surface area contributed by atoms with Crippen molar-refractivity contribution in [2.75, 3.05) is 33.3 Å². The number of rotatable bonds is 7. The van der Waals surface area contributed by atoms with E-state index >= 15 is 0 Å². The monoisotopic (exact) mass is 390 g/mol. The molecule has 7 heteroatoms. The van der Waals surface area contributed by atoms with Crippen LogP contribution in [0.3, 0.4) is 0 Å². The molecule has 7 nitrogen and oxygen atoms in total. The molecule has 1 atom stereocenters. The van der Waals surface area contributed by atoms with E-state index in [1.165, 1.54) is 0 Å². The highest BCUT2D eigenvalue weighted by Gasteiger charge is 2.24. The maximum atomic E-state index is 12.1. The number of aliphatic imine (C=N–C) groups is 1. The predicted molar refractivity (Wildman–Crippen MR) is 112 cm³/mol. The van der Waals surface area contributed by atoms with Crippen LogP contribution in [0.2, 0.25) is 0 Å². The topological polar surface area (TPSA) is 86.2 Å². The van der Waals surface area contributed by atoms with Crippen molar-refractivity contribution >= 4 is 11.9 Å². The number of carbonyl (C=O) groups is 1. The molecule has 1 aliphatic rings. The molecule has 28 heavy (non-hydrogen) atoms. The van der Waals surface area contributed by atoms with E-state index in [9.17, 15) is 9.90 Å². The zero-order chi connectivity index (χ0) is 20.5. The second-order valence-corrected chi connectivity index (χ2v) is 7.41. The maximum Gasteiger partial charge on any atom is 0.225 e. The van der Waals surface area contributed by atoms with Crippen molar-refractivity contribution in [3.8, 4) is 5.75 Å². The lowest BCUT2D eigenvalue weighted by atomic mass is 10.0. The van der Waals surface area contributed by atoms with Crippen LogP contribution < -0.4 is 15.4 Å². The number of nitrogens with one attached hydrogen (secondary N) is 2. The number of aliphatic hydroxyl groups is 1. The molecule has 3 N–H and O–H groups in total. The third-order valence-electron chi connectivity index (χ3n) is 4.91. The molecule has 1 aliphatic heterocycles. The number of hydrogen-bond donors (Lipinski definition) is 3. The van der Waals surface area contributed by atoms with Gasteiger partial charge < -0.3 is 25.4 Å². The lowest BCUT2D eigenvalue weighted by molar-refractivity contribution is -0.135. The number of ether oxygens (including phenoxy) is 1. The van der Waals surface area contributed by atoms with Crippen molar-refractivity contribution in [2.24, 2.45) is 10.9 Å². The molecular weight excluding hydrogens is 356 g/mol. The number of aliphatic hydroxyl groups excluding tert-OH is 1. The average Bonchev–Trinajstić information content (AvgIpc) is 2.72. The summed E-state index contributed by atoms with van der Waals surface area (Å²) in [5.74, 6) is 1.73. The molecule has 0 saturated carbocycles. The van der Waals surface area contributed by atoms with E-state index in [1.807, 2.05) is 49.9 Å². The van der Waals surface area contributed by atoms with E-state index in [2.05, 4.69) is 15.6 Å². The summed E-state index contributed by atoms with van der Waals surface area (Å²) in [5.41, 5.74) is 0.806. The first-order valence-corrected chi connectivity index (χ1v) is 10.1. The van der Waals surface area contributed by atoms with Gasteiger partial charge in [-0.2, -0.15) is 0 Å². The van der Waals surface area contributed by atoms with Gasteiger partial charge in [-0.25, -0.2) is 0 Å². The van der Waals surface area contributed by atoms with Gasteiger partial charge >= 0.3 is 0 Å². The second kappa shape index (κ2) is 10.9. The van der Waals surface area contributed by atoms with Crippen LogP contribution >= 0.6 is 0 Å². The number of hydrogen-bond acceptors (Lipinski definition) is 4. The lowest BCUT2D eigenvalue weighted by Crippen LogP contribution is -2.50. The summed E-state index contributed by atoms with van der Waals surface area (Å²) < 4.78 is 5.15. The molecule has 156 valence electrons. The maximum absolute atomic E-state index is 12.1. The van der Waals surface area contributed by atoms with Crippen molar-refractivity contribution in [3.05, 3.63) is 29.8 Å². The molecule has 1 heterocycles. The highest BCUT2D eigenvalue weighted by molar-refractivity contribution is 5.80. The van der Waals surface area contributed by atoms with Crippen molar-refractivity contribution in [1.29, 1.82) is 0 Å². The molecule has 0 spiro atoms. The van der Waals surface area contributed by atoms with Crippen molar-refractivity contribution in [3.63, 3.8) is 0 Å². The number of benzene rings is 1. The van der Waals surface area contributed by atoms with Gasteiger partial charge in [0.05, 0.1) is 19.8 Å². The Morgan fingerprint density at radius 2 is 1.93 bits per heavy atom. The summed E-state index contributed by atoms with van der Waals surface area (Å²) in [6.07, 6.45) is 1.11. The van der Waals surface area contributed by atoms with Gasteiger partial charge in [-0.15, -0.1) is 0 Å². The number of carbonyl (C=O) groups excluding carboxylic acids is 1. The van der Waals surface area contributed by atoms with Crippen LogP contribution in [0.4, 0.5) is 0 Å². The normalized spacial score (nSPS) is 16.8. The van der Waals surface area contributed by atoms with Gasteiger partial charge in [-0.1, -0.05) is 26.0 Å². The van der Waals surface area contributed by atoms with Crippen LogP contribution in [0.25, 0.3) is 0 Å². The van der Waals surface area contributed by atoms with Gasteiger partial charge in [0.2, 0.25) is 5.91 Å². The molecule has 1 saturated heterocycles. The summed E-state index contributed by atoms with van der Waals surface area (Å²) in [6.45, 7) is 8.45. The van der Waals surface area contributed by atoms with Crippen molar-refractivity contribution in [1.82, 2.24) is 15.5 Å². The summed E-state index contributed by atoms with van der Waals surface area (Å²) in [6, 6.07) is 7.63. The fraction of sp³-hybridized carbons (Fsp3) is 0.619. The Morgan fingerprint density at radius 3 is 2.46 bits per heavy atom. The Hall–Kier alpha value is -2.28. The Balaban J connectivity index is 1.89. The minimum absolute atomic E-state index is 0.0443. The van der Waals surface area contributed by atoms with E-state index in [4.69, 9.17) is 4.74 Å². The second-order valence-electron chi connectivity index (χ2n) is 7.41. The van der Waals surface area contributed by atoms with Gasteiger partial charge in [0.15, 0.2) is 5.96 Å². The van der Waals surface area contributed by atoms with Gasteiger partial charge in [0.1, 0.15) is 5.75 Å². The highest BCUT2D eigenvalue weighted by Crippen LogP contribution is 2.18. The van der Waals surface area contributed by atoms with Crippen molar-refractivity contribution < 1.29 is 14.6 Å². The largest absolute Gasteiger partial charge is 0.497 e. The summed E-state index contributed by atoms with van der Waals surface area (Å²) in [5, 5.41) is 17.1. The number of likely N-dealkylation sites (tertiary alicyclic amines) is 1. The van der Waals surface area contributed by atoms with Gasteiger partial charge in [0.25, 0.3) is 0 Å². The third-order valence-corrected chi connectivity index (χ3v) is 4.91. The molecule has 1 fully saturated rings. The molecule has 1 unspecified atom stereocenters. The van der Waals surface area contributed by atoms with Crippen LogP contribution in [0, 0.1) is 5.92 Å². The summed E-state index contributed by atoms with van der Waals surface area (Å²) in [4.78, 5) is 18.6. The molecule has 0 aliphatic carbocycles. The van der Waals surface area contributed by atoms with Crippen LogP contribution in [0.5, 0.6) is 5.75 Å². The average molecular weight is 391 g/mol. The van der Waals surface area contributed by atoms with Crippen molar-refractivity contribution in [2.45, 2.75) is 45.8 Å². The fourth-order valence-electron chi connectivity index (χ4n) is 3.23. The fourth-order valence-corrected chi connectivity index (χ4v) is 3.23. The SMILES string of the molecule is CCNC(=NCC(O)c1ccc(OC)cc1)NC1CCN(C(=O)C(C)C)CC1. The quantitative estimate of drug-likeness (QED) is 0.489. The van der Waals surface area contributed by atoms with Crippen LogP contribution in [-0.2, 0) is 4.79 Å². The minimum atomic E-state index is -0.674. The summed E-state index contributed by atoms with van der Waals surface area (Å²) >= 11 is 0. The number of methoxy groups -OCH3 is 1. The first-order chi connectivity index (χ1) is 13.4. The van der Waals surface area contributed by atoms with Gasteiger partial charge in [-0.3, -0.25) is 9.79 Å². The zero-order valence-electron chi connectivity index (χ0n) is 17.4. The number of amides is 1. The predicted octanol–water partition coefficient (Wildman–Crippen LogP) is 1.93. The molecule has 0 bridgehead atoms. The number of piperidine rings is 1. The van der Waals surface area contributed by atoms with E-state index in [1.54, 1.807) is 7.11 Å². The van der Waals surface area contributed by atoms with Crippen LogP contribution in [0.15, 0.2) is 29.3 Å². The standard InChI is InChI=1S/C21H34N4O3/c1-5-22-21(23-14-19(26)16-6-8-18(28-4)9-7-16)24-17-10-12-25(13-11-17)20(27)15(2)3/h6-9,15,17,19,26H,5,10-14H2,1-4H3,(H2,22,23,24). The Morgan fingerprint density at radius 1 is 1.29 bits per heavy atom. The molecule has 0 radical (unpaired) electrons. The first kappa shape index (κ1) is 22.0. The molecule has 0 aromatic heterocycles. The Labute approximate surface area is 168 Å². The van der Waals surface area contributed by atoms with E-state index < -0.39 is 6.10 Å². The van der Waals surface area contributed by atoms with E-state index in [-0.39, 0.29) is 24.4 Å². The smallest absolute Gasteiger partial charge is 0.225 e. The van der Waals surface area contributed by atoms with Crippen LogP contribution in [-0.4, -0.2) is 61.2 Å². The van der Waals surface area contributed by atoms with Gasteiger partial charge in [-0.05, 0) is 37.5 Å². The lowest BCUT2D eigenvalue weighted by Gasteiger charge is -2.34. The number of nitrogens with zero attached hydrogens (tertiary/aromatic N) is 2. The first-order valence-electron chi connectivity index (χ1n) is 10.1. The third kappa shape index (κ3) is 6.41.